The Morgan fingerprint density at radius 2 is 1.89 bits per heavy atom. The van der Waals surface area contributed by atoms with Crippen molar-refractivity contribution in [2.45, 2.75) is 56.4 Å². The van der Waals surface area contributed by atoms with E-state index in [1.165, 1.54) is 0 Å². The van der Waals surface area contributed by atoms with Crippen molar-refractivity contribution in [2.75, 3.05) is 6.54 Å². The first-order chi connectivity index (χ1) is 18.1. The van der Waals surface area contributed by atoms with Gasteiger partial charge in [-0.3, -0.25) is 0 Å². The maximum Gasteiger partial charge on any atom is 0.220 e. The lowest BCUT2D eigenvalue weighted by atomic mass is 9.74. The number of ether oxygens (including phenoxy) is 3. The van der Waals surface area contributed by atoms with E-state index in [2.05, 4.69) is 32.7 Å². The Bertz CT molecular complexity index is 1500. The van der Waals surface area contributed by atoms with E-state index in [0.717, 1.165) is 66.9 Å². The van der Waals surface area contributed by atoms with Gasteiger partial charge in [0, 0.05) is 19.5 Å². The largest absolute Gasteiger partial charge is 0.457 e. The molecule has 3 aromatic carbocycles. The van der Waals surface area contributed by atoms with Gasteiger partial charge in [-0.05, 0) is 67.3 Å². The average molecular weight is 493 g/mol. The number of rotatable bonds is 6. The predicted octanol–water partition coefficient (Wildman–Crippen LogP) is 5.60. The Kier molecular flexibility index (Phi) is 5.29. The summed E-state index contributed by atoms with van der Waals surface area (Å²) in [5.41, 5.74) is 3.18. The van der Waals surface area contributed by atoms with Gasteiger partial charge in [-0.2, -0.15) is 5.26 Å². The number of hydrogen-bond acceptors (Lipinski definition) is 6. The maximum atomic E-state index is 9.37. The first kappa shape index (κ1) is 22.5. The highest BCUT2D eigenvalue weighted by Crippen LogP contribution is 2.51. The van der Waals surface area contributed by atoms with Gasteiger partial charge in [-0.1, -0.05) is 30.3 Å². The summed E-state index contributed by atoms with van der Waals surface area (Å²) in [6.45, 7) is 2.29. The van der Waals surface area contributed by atoms with Crippen LogP contribution < -0.4 is 4.74 Å². The van der Waals surface area contributed by atoms with E-state index in [9.17, 15) is 5.26 Å². The Labute approximate surface area is 215 Å². The van der Waals surface area contributed by atoms with Gasteiger partial charge in [0.15, 0.2) is 0 Å². The Morgan fingerprint density at radius 3 is 2.78 bits per heavy atom. The molecule has 3 fully saturated rings. The van der Waals surface area contributed by atoms with Crippen LogP contribution in [0.3, 0.4) is 0 Å². The van der Waals surface area contributed by atoms with Crippen LogP contribution >= 0.6 is 0 Å². The molecule has 1 spiro atoms. The smallest absolute Gasteiger partial charge is 0.220 e. The van der Waals surface area contributed by atoms with Crippen LogP contribution in [0.4, 0.5) is 0 Å². The normalized spacial score (nSPS) is 26.7. The number of imidazole rings is 1. The van der Waals surface area contributed by atoms with Crippen LogP contribution in [0.15, 0.2) is 79.1 Å². The Hall–Kier alpha value is -3.70. The molecule has 37 heavy (non-hydrogen) atoms. The van der Waals surface area contributed by atoms with Crippen LogP contribution in [-0.4, -0.2) is 38.6 Å². The monoisotopic (exact) mass is 492 g/mol. The van der Waals surface area contributed by atoms with Gasteiger partial charge < -0.3 is 18.8 Å². The summed E-state index contributed by atoms with van der Waals surface area (Å²) in [7, 11) is 0. The molecule has 1 aliphatic carbocycles. The molecule has 3 aliphatic rings. The fraction of sp³-hybridized carbons (Fsp3) is 0.333. The standard InChI is InChI=1S/C30H28N4O3/c31-16-22-10-11-26-27(15-22)34(21-32-26)20-30-13-5-12-29(18-30)19-33(28(36-29)37-30)17-23-6-4-9-25(14-23)35-24-7-2-1-3-8-24/h1-4,6-11,14-15,21,28H,5,12-13,17-20H2/t28?,29-,30-/m0/s1. The lowest BCUT2D eigenvalue weighted by molar-refractivity contribution is -0.326. The van der Waals surface area contributed by atoms with Crippen LogP contribution in [0.2, 0.25) is 0 Å². The third-order valence-electron chi connectivity index (χ3n) is 7.87. The van der Waals surface area contributed by atoms with Crippen LogP contribution in [0, 0.1) is 11.3 Å². The Morgan fingerprint density at radius 1 is 1.00 bits per heavy atom. The van der Waals surface area contributed by atoms with Crippen molar-refractivity contribution in [3.05, 3.63) is 90.3 Å². The van der Waals surface area contributed by atoms with E-state index in [-0.39, 0.29) is 17.6 Å². The van der Waals surface area contributed by atoms with Crippen molar-refractivity contribution in [3.63, 3.8) is 0 Å². The van der Waals surface area contributed by atoms with E-state index in [1.54, 1.807) is 0 Å². The minimum atomic E-state index is -0.378. The second kappa shape index (κ2) is 8.70. The molecule has 3 heterocycles. The van der Waals surface area contributed by atoms with E-state index >= 15 is 0 Å². The number of benzene rings is 3. The minimum Gasteiger partial charge on any atom is -0.457 e. The second-order valence-electron chi connectivity index (χ2n) is 10.6. The zero-order valence-corrected chi connectivity index (χ0v) is 20.5. The van der Waals surface area contributed by atoms with Crippen molar-refractivity contribution in [3.8, 4) is 17.6 Å². The highest BCUT2D eigenvalue weighted by molar-refractivity contribution is 5.77. The molecule has 0 radical (unpaired) electrons. The van der Waals surface area contributed by atoms with Crippen molar-refractivity contribution in [1.82, 2.24) is 14.5 Å². The molecule has 7 heteroatoms. The molecule has 1 saturated carbocycles. The number of hydrogen-bond donors (Lipinski definition) is 0. The molecule has 3 atom stereocenters. The topological polar surface area (TPSA) is 72.5 Å². The summed E-state index contributed by atoms with van der Waals surface area (Å²) in [6, 6.07) is 26.0. The van der Waals surface area contributed by atoms with E-state index in [1.807, 2.05) is 67.0 Å². The lowest BCUT2D eigenvalue weighted by Gasteiger charge is -2.49. The van der Waals surface area contributed by atoms with Gasteiger partial charge >= 0.3 is 0 Å². The molecule has 0 N–H and O–H groups in total. The number of fused-ring (bicyclic) bond motifs is 3. The van der Waals surface area contributed by atoms with Gasteiger partial charge in [0.2, 0.25) is 6.41 Å². The predicted molar refractivity (Wildman–Crippen MR) is 138 cm³/mol. The summed E-state index contributed by atoms with van der Waals surface area (Å²) < 4.78 is 21.5. The fourth-order valence-electron chi connectivity index (χ4n) is 6.35. The summed E-state index contributed by atoms with van der Waals surface area (Å²) in [4.78, 5) is 6.88. The Balaban J connectivity index is 1.11. The van der Waals surface area contributed by atoms with E-state index < -0.39 is 0 Å². The average Bonchev–Trinajstić information content (AvgIpc) is 3.42. The molecule has 2 saturated heterocycles. The first-order valence-corrected chi connectivity index (χ1v) is 12.9. The number of nitriles is 1. The molecule has 7 rings (SSSR count). The molecule has 1 unspecified atom stereocenters. The summed E-state index contributed by atoms with van der Waals surface area (Å²) in [5.74, 6) is 1.65. The van der Waals surface area contributed by atoms with Gasteiger partial charge in [0.25, 0.3) is 0 Å². The highest BCUT2D eigenvalue weighted by Gasteiger charge is 2.59. The molecule has 0 amide bonds. The van der Waals surface area contributed by atoms with Gasteiger partial charge in [-0.15, -0.1) is 0 Å². The number of para-hydroxylation sites is 1. The first-order valence-electron chi connectivity index (χ1n) is 12.9. The molecular weight excluding hydrogens is 464 g/mol. The molecule has 186 valence electrons. The fourth-order valence-corrected chi connectivity index (χ4v) is 6.35. The SMILES string of the molecule is N#Cc1ccc2ncn(C[C@@]34CCC[C@@]5(CN(Cc6cccc(Oc7ccccc7)c6)C(O5)O3)C4)c2c1. The maximum absolute atomic E-state index is 9.37. The van der Waals surface area contributed by atoms with Crippen molar-refractivity contribution in [1.29, 1.82) is 5.26 Å². The van der Waals surface area contributed by atoms with Crippen molar-refractivity contribution >= 4 is 11.0 Å². The molecular formula is C30H28N4O3. The molecule has 3 bridgehead atoms. The van der Waals surface area contributed by atoms with Gasteiger partial charge in [0.05, 0.1) is 46.7 Å². The van der Waals surface area contributed by atoms with Crippen LogP contribution in [-0.2, 0) is 22.6 Å². The second-order valence-corrected chi connectivity index (χ2v) is 10.6. The molecule has 7 nitrogen and oxygen atoms in total. The number of aromatic nitrogens is 2. The van der Waals surface area contributed by atoms with Crippen LogP contribution in [0.25, 0.3) is 11.0 Å². The quantitative estimate of drug-likeness (QED) is 0.349. The third kappa shape index (κ3) is 4.17. The zero-order valence-electron chi connectivity index (χ0n) is 20.5. The minimum absolute atomic E-state index is 0.187. The van der Waals surface area contributed by atoms with Gasteiger partial charge in [-0.25, -0.2) is 9.88 Å². The third-order valence-corrected chi connectivity index (χ3v) is 7.87. The summed E-state index contributed by atoms with van der Waals surface area (Å²) >= 11 is 0. The lowest BCUT2D eigenvalue weighted by Crippen LogP contribution is -2.55. The van der Waals surface area contributed by atoms with E-state index in [4.69, 9.17) is 14.2 Å². The van der Waals surface area contributed by atoms with Crippen molar-refractivity contribution in [2.24, 2.45) is 0 Å². The molecule has 1 aromatic heterocycles. The highest BCUT2D eigenvalue weighted by atomic mass is 16.7. The van der Waals surface area contributed by atoms with E-state index in [0.29, 0.717) is 12.1 Å². The van der Waals surface area contributed by atoms with Gasteiger partial charge in [0.1, 0.15) is 11.5 Å². The summed E-state index contributed by atoms with van der Waals surface area (Å²) in [5, 5.41) is 9.37. The molecule has 2 aliphatic heterocycles. The van der Waals surface area contributed by atoms with Crippen LogP contribution in [0.5, 0.6) is 11.5 Å². The van der Waals surface area contributed by atoms with Crippen molar-refractivity contribution < 1.29 is 14.2 Å². The number of nitrogens with zero attached hydrogens (tertiary/aromatic N) is 4. The zero-order chi connectivity index (χ0) is 24.9. The summed E-state index contributed by atoms with van der Waals surface area (Å²) in [6.07, 6.45) is 5.46. The molecule has 4 aromatic rings. The van der Waals surface area contributed by atoms with Crippen LogP contribution in [0.1, 0.15) is 36.8 Å².